The maximum atomic E-state index is 10.8. The number of likely N-dealkylation sites (tertiary alicyclic amines) is 1. The topological polar surface area (TPSA) is 68.2 Å². The molecular weight excluding hydrogens is 382 g/mol. The summed E-state index contributed by atoms with van der Waals surface area (Å²) >= 11 is 0. The fourth-order valence-electron chi connectivity index (χ4n) is 4.27. The minimum atomic E-state index is -0.732. The molecule has 0 radical (unpaired) electrons. The fourth-order valence-corrected chi connectivity index (χ4v) is 4.27. The summed E-state index contributed by atoms with van der Waals surface area (Å²) in [4.78, 5) is 13.0. The van der Waals surface area contributed by atoms with Crippen molar-refractivity contribution in [2.24, 2.45) is 0 Å². The molecule has 0 aliphatic carbocycles. The second-order valence-corrected chi connectivity index (χ2v) is 8.08. The maximum Gasteiger partial charge on any atom is 0.304 e. The van der Waals surface area contributed by atoms with Gasteiger partial charge in [-0.25, -0.2) is 0 Å². The van der Waals surface area contributed by atoms with Crippen LogP contribution in [0.25, 0.3) is 0 Å². The lowest BCUT2D eigenvalue weighted by atomic mass is 9.74. The lowest BCUT2D eigenvalue weighted by Crippen LogP contribution is -2.44. The molecule has 0 atom stereocenters. The molecule has 0 saturated carbocycles. The zero-order chi connectivity index (χ0) is 20.8. The Balaban J connectivity index is 1.25. The molecule has 0 unspecified atom stereocenters. The Kier molecular flexibility index (Phi) is 6.43. The standard InChI is InChI=1S/C24H29NO5/c26-23(27)9-12-25-13-10-24(11-14-25)18-30-22-17-20(7-8-21(22)24)29-16-4-15-28-19-5-2-1-3-6-19/h1-3,5-8,17H,4,9-16,18H2,(H,26,27). The molecule has 2 heterocycles. The van der Waals surface area contributed by atoms with Gasteiger partial charge < -0.3 is 24.2 Å². The van der Waals surface area contributed by atoms with Gasteiger partial charge in [0.1, 0.15) is 17.2 Å². The summed E-state index contributed by atoms with van der Waals surface area (Å²) in [5, 5.41) is 8.88. The van der Waals surface area contributed by atoms with Crippen LogP contribution in [-0.4, -0.2) is 55.4 Å². The molecule has 2 aromatic rings. The van der Waals surface area contributed by atoms with Crippen LogP contribution in [0.5, 0.6) is 17.2 Å². The van der Waals surface area contributed by atoms with Gasteiger partial charge in [0.15, 0.2) is 0 Å². The molecular formula is C24H29NO5. The number of piperidine rings is 1. The zero-order valence-electron chi connectivity index (χ0n) is 17.2. The van der Waals surface area contributed by atoms with Gasteiger partial charge in [-0.2, -0.15) is 0 Å². The van der Waals surface area contributed by atoms with Crippen LogP contribution in [0, 0.1) is 0 Å². The number of carboxylic acid groups (broad SMARTS) is 1. The maximum absolute atomic E-state index is 10.8. The number of para-hydroxylation sites is 1. The van der Waals surface area contributed by atoms with Crippen molar-refractivity contribution >= 4 is 5.97 Å². The Morgan fingerprint density at radius 3 is 2.50 bits per heavy atom. The molecule has 2 aliphatic heterocycles. The number of carbonyl (C=O) groups is 1. The summed E-state index contributed by atoms with van der Waals surface area (Å²) in [6, 6.07) is 16.0. The number of aliphatic carboxylic acids is 1. The molecule has 1 spiro atoms. The molecule has 30 heavy (non-hydrogen) atoms. The van der Waals surface area contributed by atoms with Crippen molar-refractivity contribution in [3.63, 3.8) is 0 Å². The van der Waals surface area contributed by atoms with Crippen molar-refractivity contribution < 1.29 is 24.1 Å². The van der Waals surface area contributed by atoms with Crippen LogP contribution in [0.4, 0.5) is 0 Å². The second kappa shape index (κ2) is 9.39. The molecule has 6 heteroatoms. The number of ether oxygens (including phenoxy) is 3. The average Bonchev–Trinajstić information content (AvgIpc) is 3.11. The summed E-state index contributed by atoms with van der Waals surface area (Å²) in [6.07, 6.45) is 3.01. The van der Waals surface area contributed by atoms with E-state index in [1.54, 1.807) is 0 Å². The fraction of sp³-hybridized carbons (Fsp3) is 0.458. The van der Waals surface area contributed by atoms with Crippen molar-refractivity contribution in [2.75, 3.05) is 39.5 Å². The van der Waals surface area contributed by atoms with Gasteiger partial charge in [0, 0.05) is 30.0 Å². The zero-order valence-corrected chi connectivity index (χ0v) is 17.2. The van der Waals surface area contributed by atoms with E-state index >= 15 is 0 Å². The van der Waals surface area contributed by atoms with Gasteiger partial charge >= 0.3 is 5.97 Å². The Labute approximate surface area is 177 Å². The van der Waals surface area contributed by atoms with Gasteiger partial charge in [-0.15, -0.1) is 0 Å². The quantitative estimate of drug-likeness (QED) is 0.634. The molecule has 2 aromatic carbocycles. The SMILES string of the molecule is O=C(O)CCN1CCC2(CC1)COc1cc(OCCCOc3ccccc3)ccc12. The van der Waals surface area contributed by atoms with Crippen LogP contribution < -0.4 is 14.2 Å². The highest BCUT2D eigenvalue weighted by Gasteiger charge is 2.43. The van der Waals surface area contributed by atoms with Crippen molar-refractivity contribution in [1.29, 1.82) is 0 Å². The average molecular weight is 411 g/mol. The first kappa shape index (κ1) is 20.5. The van der Waals surface area contributed by atoms with E-state index in [9.17, 15) is 4.79 Å². The van der Waals surface area contributed by atoms with E-state index in [0.29, 0.717) is 26.4 Å². The van der Waals surface area contributed by atoms with Crippen molar-refractivity contribution in [2.45, 2.75) is 31.1 Å². The van der Waals surface area contributed by atoms with Gasteiger partial charge in [-0.05, 0) is 44.1 Å². The number of benzene rings is 2. The van der Waals surface area contributed by atoms with Crippen LogP contribution in [0.2, 0.25) is 0 Å². The normalized spacial score (nSPS) is 17.3. The van der Waals surface area contributed by atoms with Crippen LogP contribution in [0.3, 0.4) is 0 Å². The Morgan fingerprint density at radius 1 is 1.03 bits per heavy atom. The first-order chi connectivity index (χ1) is 14.6. The predicted molar refractivity (Wildman–Crippen MR) is 114 cm³/mol. The van der Waals surface area contributed by atoms with E-state index in [-0.39, 0.29) is 11.8 Å². The highest BCUT2D eigenvalue weighted by Crippen LogP contribution is 2.46. The third-order valence-electron chi connectivity index (χ3n) is 6.05. The van der Waals surface area contributed by atoms with Crippen LogP contribution in [0.1, 0.15) is 31.2 Å². The summed E-state index contributed by atoms with van der Waals surface area (Å²) in [5.41, 5.74) is 1.32. The number of carboxylic acids is 1. The number of rotatable bonds is 9. The van der Waals surface area contributed by atoms with Gasteiger partial charge in [-0.1, -0.05) is 24.3 Å². The summed E-state index contributed by atoms with van der Waals surface area (Å²) < 4.78 is 17.6. The van der Waals surface area contributed by atoms with E-state index in [2.05, 4.69) is 11.0 Å². The molecule has 0 bridgehead atoms. The first-order valence-corrected chi connectivity index (χ1v) is 10.7. The number of nitrogens with zero attached hydrogens (tertiary/aromatic N) is 1. The molecule has 4 rings (SSSR count). The molecule has 1 fully saturated rings. The predicted octanol–water partition coefficient (Wildman–Crippen LogP) is 3.74. The Morgan fingerprint density at radius 2 is 1.77 bits per heavy atom. The van der Waals surface area contributed by atoms with Gasteiger partial charge in [0.2, 0.25) is 0 Å². The molecule has 0 aromatic heterocycles. The smallest absolute Gasteiger partial charge is 0.304 e. The van der Waals surface area contributed by atoms with E-state index in [1.807, 2.05) is 42.5 Å². The van der Waals surface area contributed by atoms with Gasteiger partial charge in [0.05, 0.1) is 26.2 Å². The molecule has 0 amide bonds. The first-order valence-electron chi connectivity index (χ1n) is 10.7. The minimum absolute atomic E-state index is 0.0527. The molecule has 160 valence electrons. The van der Waals surface area contributed by atoms with E-state index in [0.717, 1.165) is 49.6 Å². The summed E-state index contributed by atoms with van der Waals surface area (Å²) in [5.74, 6) is 1.89. The number of hydrogen-bond donors (Lipinski definition) is 1. The third-order valence-corrected chi connectivity index (χ3v) is 6.05. The van der Waals surface area contributed by atoms with E-state index in [4.69, 9.17) is 19.3 Å². The lowest BCUT2D eigenvalue weighted by Gasteiger charge is -2.38. The highest BCUT2D eigenvalue weighted by molar-refractivity contribution is 5.66. The van der Waals surface area contributed by atoms with Gasteiger partial charge in [-0.3, -0.25) is 4.79 Å². The molecule has 2 aliphatic rings. The molecule has 1 saturated heterocycles. The second-order valence-electron chi connectivity index (χ2n) is 8.08. The highest BCUT2D eigenvalue weighted by atomic mass is 16.5. The van der Waals surface area contributed by atoms with Gasteiger partial charge in [0.25, 0.3) is 0 Å². The van der Waals surface area contributed by atoms with Crippen molar-refractivity contribution in [3.8, 4) is 17.2 Å². The number of fused-ring (bicyclic) bond motifs is 2. The summed E-state index contributed by atoms with van der Waals surface area (Å²) in [6.45, 7) is 4.36. The van der Waals surface area contributed by atoms with Crippen LogP contribution >= 0.6 is 0 Å². The Bertz CT molecular complexity index is 846. The minimum Gasteiger partial charge on any atom is -0.493 e. The van der Waals surface area contributed by atoms with E-state index < -0.39 is 5.97 Å². The number of hydrogen-bond acceptors (Lipinski definition) is 5. The molecule has 1 N–H and O–H groups in total. The van der Waals surface area contributed by atoms with Crippen LogP contribution in [-0.2, 0) is 10.2 Å². The van der Waals surface area contributed by atoms with Crippen molar-refractivity contribution in [3.05, 3.63) is 54.1 Å². The summed E-state index contributed by atoms with van der Waals surface area (Å²) in [7, 11) is 0. The Hall–Kier alpha value is -2.73. The monoisotopic (exact) mass is 411 g/mol. The largest absolute Gasteiger partial charge is 0.493 e. The van der Waals surface area contributed by atoms with Crippen molar-refractivity contribution in [1.82, 2.24) is 4.90 Å². The van der Waals surface area contributed by atoms with E-state index in [1.165, 1.54) is 5.56 Å². The molecule has 6 nitrogen and oxygen atoms in total. The lowest BCUT2D eigenvalue weighted by molar-refractivity contribution is -0.137. The third kappa shape index (κ3) is 4.87. The van der Waals surface area contributed by atoms with Crippen LogP contribution in [0.15, 0.2) is 48.5 Å².